The van der Waals surface area contributed by atoms with Gasteiger partial charge in [-0.1, -0.05) is 29.8 Å². The summed E-state index contributed by atoms with van der Waals surface area (Å²) in [5.41, 5.74) is 8.79. The molecular weight excluding hydrogens is 220 g/mol. The molecular formula is C13H9ClN2. The minimum atomic E-state index is 0.615. The highest BCUT2D eigenvalue weighted by Gasteiger charge is 2.03. The lowest BCUT2D eigenvalue weighted by Gasteiger charge is -2.05. The predicted molar refractivity (Wildman–Crippen MR) is 66.0 cm³/mol. The highest BCUT2D eigenvalue weighted by atomic mass is 35.5. The molecule has 0 spiro atoms. The van der Waals surface area contributed by atoms with Gasteiger partial charge in [-0.05, 0) is 29.8 Å². The summed E-state index contributed by atoms with van der Waals surface area (Å²) < 4.78 is 0. The van der Waals surface area contributed by atoms with Crippen molar-refractivity contribution in [3.05, 3.63) is 53.1 Å². The molecule has 0 heterocycles. The Kier molecular flexibility index (Phi) is 2.80. The average Bonchev–Trinajstić information content (AvgIpc) is 2.29. The summed E-state index contributed by atoms with van der Waals surface area (Å²) in [6, 6.07) is 14.7. The van der Waals surface area contributed by atoms with E-state index >= 15 is 0 Å². The molecule has 16 heavy (non-hydrogen) atoms. The van der Waals surface area contributed by atoms with E-state index in [0.29, 0.717) is 16.3 Å². The predicted octanol–water partition coefficient (Wildman–Crippen LogP) is 3.46. The van der Waals surface area contributed by atoms with Gasteiger partial charge in [-0.25, -0.2) is 0 Å². The van der Waals surface area contributed by atoms with Gasteiger partial charge in [0.25, 0.3) is 0 Å². The Balaban J connectivity index is 2.47. The van der Waals surface area contributed by atoms with Gasteiger partial charge in [-0.15, -0.1) is 0 Å². The van der Waals surface area contributed by atoms with Crippen molar-refractivity contribution in [2.75, 3.05) is 5.73 Å². The van der Waals surface area contributed by atoms with Crippen LogP contribution in [0.15, 0.2) is 42.5 Å². The van der Waals surface area contributed by atoms with Crippen molar-refractivity contribution in [2.24, 2.45) is 0 Å². The van der Waals surface area contributed by atoms with Crippen molar-refractivity contribution in [1.82, 2.24) is 0 Å². The lowest BCUT2D eigenvalue weighted by molar-refractivity contribution is 1.48. The molecule has 2 N–H and O–H groups in total. The molecule has 0 unspecified atom stereocenters. The maximum absolute atomic E-state index is 8.70. The van der Waals surface area contributed by atoms with Crippen molar-refractivity contribution in [3.8, 4) is 17.2 Å². The third-order valence-electron chi connectivity index (χ3n) is 2.32. The van der Waals surface area contributed by atoms with Crippen molar-refractivity contribution in [2.45, 2.75) is 0 Å². The zero-order valence-electron chi connectivity index (χ0n) is 8.44. The third kappa shape index (κ3) is 2.00. The van der Waals surface area contributed by atoms with Gasteiger partial charge in [-0.2, -0.15) is 5.26 Å². The number of rotatable bonds is 1. The van der Waals surface area contributed by atoms with Crippen molar-refractivity contribution >= 4 is 17.3 Å². The van der Waals surface area contributed by atoms with Gasteiger partial charge in [0.15, 0.2) is 0 Å². The van der Waals surface area contributed by atoms with Crippen LogP contribution in [0, 0.1) is 11.3 Å². The van der Waals surface area contributed by atoms with Crippen LogP contribution in [0.3, 0.4) is 0 Å². The first-order valence-corrected chi connectivity index (χ1v) is 5.14. The van der Waals surface area contributed by atoms with Gasteiger partial charge >= 0.3 is 0 Å². The van der Waals surface area contributed by atoms with E-state index in [1.165, 1.54) is 0 Å². The molecule has 78 valence electrons. The lowest BCUT2D eigenvalue weighted by atomic mass is 10.0. The second-order valence-electron chi connectivity index (χ2n) is 3.43. The van der Waals surface area contributed by atoms with Gasteiger partial charge in [0.1, 0.15) is 0 Å². The number of halogens is 1. The standard InChI is InChI=1S/C13H9ClN2/c14-13-7-11(16)5-6-12(13)10-3-1-9(8-15)2-4-10/h1-7H,16H2. The second-order valence-corrected chi connectivity index (χ2v) is 3.84. The number of nitrogens with two attached hydrogens (primary N) is 1. The van der Waals surface area contributed by atoms with Crippen molar-refractivity contribution in [1.29, 1.82) is 5.26 Å². The molecule has 3 heteroatoms. The van der Waals surface area contributed by atoms with Crippen LogP contribution in [0.25, 0.3) is 11.1 Å². The molecule has 0 saturated carbocycles. The number of nitrogens with zero attached hydrogens (tertiary/aromatic N) is 1. The zero-order valence-corrected chi connectivity index (χ0v) is 9.20. The van der Waals surface area contributed by atoms with Gasteiger partial charge < -0.3 is 5.73 Å². The Morgan fingerprint density at radius 3 is 2.31 bits per heavy atom. The van der Waals surface area contributed by atoms with Crippen LogP contribution in [0.5, 0.6) is 0 Å². The SMILES string of the molecule is N#Cc1ccc(-c2ccc(N)cc2Cl)cc1. The van der Waals surface area contributed by atoms with Gasteiger partial charge in [0, 0.05) is 11.3 Å². The minimum absolute atomic E-state index is 0.615. The Hall–Kier alpha value is -1.98. The fourth-order valence-electron chi connectivity index (χ4n) is 1.49. The van der Waals surface area contributed by atoms with Crippen LogP contribution < -0.4 is 5.73 Å². The molecule has 0 aliphatic carbocycles. The number of benzene rings is 2. The smallest absolute Gasteiger partial charge is 0.0991 e. The molecule has 0 aliphatic heterocycles. The Morgan fingerprint density at radius 2 is 1.75 bits per heavy atom. The molecule has 2 nitrogen and oxygen atoms in total. The first kappa shape index (κ1) is 10.5. The first-order chi connectivity index (χ1) is 7.70. The van der Waals surface area contributed by atoms with Gasteiger partial charge in [0.05, 0.1) is 16.7 Å². The summed E-state index contributed by atoms with van der Waals surface area (Å²) in [7, 11) is 0. The molecule has 0 aromatic heterocycles. The maximum atomic E-state index is 8.70. The molecule has 0 amide bonds. The largest absolute Gasteiger partial charge is 0.399 e. The fraction of sp³-hybridized carbons (Fsp3) is 0. The lowest BCUT2D eigenvalue weighted by Crippen LogP contribution is -1.86. The molecule has 2 aromatic rings. The normalized spacial score (nSPS) is 9.75. The first-order valence-electron chi connectivity index (χ1n) is 4.76. The van der Waals surface area contributed by atoms with E-state index in [-0.39, 0.29) is 0 Å². The van der Waals surface area contributed by atoms with Crippen LogP contribution in [0.2, 0.25) is 5.02 Å². The quantitative estimate of drug-likeness (QED) is 0.760. The molecule has 2 rings (SSSR count). The summed E-state index contributed by atoms with van der Waals surface area (Å²) in [5, 5.41) is 9.31. The number of hydrogen-bond acceptors (Lipinski definition) is 2. The zero-order chi connectivity index (χ0) is 11.5. The van der Waals surface area contributed by atoms with Crippen LogP contribution >= 0.6 is 11.6 Å². The van der Waals surface area contributed by atoms with Gasteiger partial charge in [-0.3, -0.25) is 0 Å². The number of nitrogen functional groups attached to an aromatic ring is 1. The fourth-order valence-corrected chi connectivity index (χ4v) is 1.79. The Labute approximate surface area is 98.9 Å². The molecule has 0 saturated heterocycles. The molecule has 0 aliphatic rings. The Bertz CT molecular complexity index is 553. The van der Waals surface area contributed by atoms with E-state index in [4.69, 9.17) is 22.6 Å². The molecule has 0 atom stereocenters. The highest BCUT2D eigenvalue weighted by Crippen LogP contribution is 2.29. The van der Waals surface area contributed by atoms with E-state index in [0.717, 1.165) is 11.1 Å². The number of anilines is 1. The summed E-state index contributed by atoms with van der Waals surface area (Å²) in [6.07, 6.45) is 0. The summed E-state index contributed by atoms with van der Waals surface area (Å²) >= 11 is 6.09. The second kappa shape index (κ2) is 4.26. The minimum Gasteiger partial charge on any atom is -0.399 e. The van der Waals surface area contributed by atoms with Crippen molar-refractivity contribution < 1.29 is 0 Å². The number of nitriles is 1. The highest BCUT2D eigenvalue weighted by molar-refractivity contribution is 6.33. The van der Waals surface area contributed by atoms with Crippen molar-refractivity contribution in [3.63, 3.8) is 0 Å². The average molecular weight is 229 g/mol. The van der Waals surface area contributed by atoms with E-state index in [2.05, 4.69) is 6.07 Å². The maximum Gasteiger partial charge on any atom is 0.0991 e. The van der Waals surface area contributed by atoms with Crippen LogP contribution in [-0.4, -0.2) is 0 Å². The van der Waals surface area contributed by atoms with E-state index < -0.39 is 0 Å². The van der Waals surface area contributed by atoms with E-state index in [1.54, 1.807) is 24.3 Å². The molecule has 0 radical (unpaired) electrons. The summed E-state index contributed by atoms with van der Waals surface area (Å²) in [5.74, 6) is 0. The van der Waals surface area contributed by atoms with Gasteiger partial charge in [0.2, 0.25) is 0 Å². The summed E-state index contributed by atoms with van der Waals surface area (Å²) in [6.45, 7) is 0. The monoisotopic (exact) mass is 228 g/mol. The van der Waals surface area contributed by atoms with Crippen LogP contribution in [0.4, 0.5) is 5.69 Å². The molecule has 0 bridgehead atoms. The molecule has 2 aromatic carbocycles. The van der Waals surface area contributed by atoms with E-state index in [1.807, 2.05) is 18.2 Å². The topological polar surface area (TPSA) is 49.8 Å². The van der Waals surface area contributed by atoms with Crippen LogP contribution in [0.1, 0.15) is 5.56 Å². The Morgan fingerprint density at radius 1 is 1.06 bits per heavy atom. The molecule has 0 fully saturated rings. The number of hydrogen-bond donors (Lipinski definition) is 1. The third-order valence-corrected chi connectivity index (χ3v) is 2.63. The van der Waals surface area contributed by atoms with Crippen LogP contribution in [-0.2, 0) is 0 Å². The summed E-state index contributed by atoms with van der Waals surface area (Å²) in [4.78, 5) is 0. The van der Waals surface area contributed by atoms with E-state index in [9.17, 15) is 0 Å².